The van der Waals surface area contributed by atoms with Crippen molar-refractivity contribution in [1.82, 2.24) is 10.6 Å². The summed E-state index contributed by atoms with van der Waals surface area (Å²) in [6, 6.07) is -1.09. The Labute approximate surface area is 99.8 Å². The van der Waals surface area contributed by atoms with E-state index in [1.165, 1.54) is 6.92 Å². The van der Waals surface area contributed by atoms with Gasteiger partial charge in [-0.1, -0.05) is 6.92 Å². The van der Waals surface area contributed by atoms with Crippen LogP contribution in [0.2, 0.25) is 0 Å². The van der Waals surface area contributed by atoms with Crippen LogP contribution in [0.3, 0.4) is 0 Å². The van der Waals surface area contributed by atoms with Gasteiger partial charge in [-0.2, -0.15) is 0 Å². The lowest BCUT2D eigenvalue weighted by atomic mass is 9.98. The van der Waals surface area contributed by atoms with Crippen LogP contribution in [0.5, 0.6) is 0 Å². The summed E-state index contributed by atoms with van der Waals surface area (Å²) in [5.41, 5.74) is -0.924. The molecule has 0 saturated carbocycles. The van der Waals surface area contributed by atoms with Gasteiger partial charge in [0.25, 0.3) is 0 Å². The first kappa shape index (κ1) is 15.8. The quantitative estimate of drug-likeness (QED) is 0.349. The molecule has 100 valence electrons. The molecule has 0 rings (SSSR count). The average molecular weight is 248 g/mol. The third-order valence-electron chi connectivity index (χ3n) is 2.64. The van der Waals surface area contributed by atoms with Crippen molar-refractivity contribution in [3.8, 4) is 0 Å². The minimum Gasteiger partial charge on any atom is -0.480 e. The highest BCUT2D eigenvalue weighted by Crippen LogP contribution is 2.07. The summed E-state index contributed by atoms with van der Waals surface area (Å²) in [4.78, 5) is 21.6. The summed E-state index contributed by atoms with van der Waals surface area (Å²) in [5.74, 6) is -1.62. The Morgan fingerprint density at radius 2 is 1.82 bits per heavy atom. The van der Waals surface area contributed by atoms with Crippen molar-refractivity contribution in [2.45, 2.75) is 31.8 Å². The van der Waals surface area contributed by atoms with Crippen molar-refractivity contribution in [3.63, 3.8) is 0 Å². The standard InChI is InChI=1S/C10H20N2O5/c1-3-10(5-13,6-14)11-4-8(9(16)17)12-7(2)15/h8,11,13-14H,3-6H2,1-2H3,(H,12,15)(H,16,17). The van der Waals surface area contributed by atoms with E-state index >= 15 is 0 Å². The molecule has 0 aliphatic carbocycles. The molecule has 7 nitrogen and oxygen atoms in total. The molecule has 0 bridgehead atoms. The van der Waals surface area contributed by atoms with E-state index in [2.05, 4.69) is 10.6 Å². The van der Waals surface area contributed by atoms with Crippen LogP contribution >= 0.6 is 0 Å². The number of rotatable bonds is 8. The molecule has 0 fully saturated rings. The van der Waals surface area contributed by atoms with Gasteiger partial charge in [-0.05, 0) is 6.42 Å². The predicted octanol–water partition coefficient (Wildman–Crippen LogP) is -1.70. The number of carboxylic acid groups (broad SMARTS) is 1. The van der Waals surface area contributed by atoms with Gasteiger partial charge in [0.15, 0.2) is 0 Å². The first-order chi connectivity index (χ1) is 7.90. The lowest BCUT2D eigenvalue weighted by Gasteiger charge is -2.31. The second-order valence-corrected chi connectivity index (χ2v) is 3.92. The smallest absolute Gasteiger partial charge is 0.327 e. The van der Waals surface area contributed by atoms with Crippen molar-refractivity contribution < 1.29 is 24.9 Å². The van der Waals surface area contributed by atoms with Gasteiger partial charge in [0.1, 0.15) is 6.04 Å². The van der Waals surface area contributed by atoms with Crippen LogP contribution in [0.15, 0.2) is 0 Å². The van der Waals surface area contributed by atoms with E-state index in [1.807, 2.05) is 0 Å². The molecule has 1 unspecified atom stereocenters. The molecule has 0 aromatic carbocycles. The number of carbonyl (C=O) groups is 2. The van der Waals surface area contributed by atoms with Crippen molar-refractivity contribution in [2.24, 2.45) is 0 Å². The maximum Gasteiger partial charge on any atom is 0.327 e. The van der Waals surface area contributed by atoms with Gasteiger partial charge in [0.2, 0.25) is 5.91 Å². The van der Waals surface area contributed by atoms with Crippen LogP contribution in [0, 0.1) is 0 Å². The zero-order chi connectivity index (χ0) is 13.5. The predicted molar refractivity (Wildman–Crippen MR) is 60.4 cm³/mol. The van der Waals surface area contributed by atoms with Gasteiger partial charge >= 0.3 is 5.97 Å². The molecule has 0 saturated heterocycles. The molecule has 0 radical (unpaired) electrons. The summed E-state index contributed by atoms with van der Waals surface area (Å²) in [6.07, 6.45) is 0.437. The van der Waals surface area contributed by atoms with E-state index in [9.17, 15) is 9.59 Å². The van der Waals surface area contributed by atoms with Crippen LogP contribution in [0.25, 0.3) is 0 Å². The molecule has 0 aromatic heterocycles. The van der Waals surface area contributed by atoms with Crippen molar-refractivity contribution in [3.05, 3.63) is 0 Å². The molecular weight excluding hydrogens is 228 g/mol. The Bertz CT molecular complexity index is 257. The Morgan fingerprint density at radius 3 is 2.12 bits per heavy atom. The van der Waals surface area contributed by atoms with E-state index in [0.29, 0.717) is 6.42 Å². The fraction of sp³-hybridized carbons (Fsp3) is 0.800. The van der Waals surface area contributed by atoms with Crippen LogP contribution in [0.4, 0.5) is 0 Å². The Balaban J connectivity index is 4.46. The number of aliphatic hydroxyl groups is 2. The van der Waals surface area contributed by atoms with Gasteiger partial charge in [-0.15, -0.1) is 0 Å². The molecule has 1 atom stereocenters. The fourth-order valence-electron chi connectivity index (χ4n) is 1.27. The van der Waals surface area contributed by atoms with E-state index in [1.54, 1.807) is 6.92 Å². The number of carboxylic acids is 1. The monoisotopic (exact) mass is 248 g/mol. The van der Waals surface area contributed by atoms with Crippen LogP contribution < -0.4 is 10.6 Å². The molecule has 1 amide bonds. The first-order valence-electron chi connectivity index (χ1n) is 5.37. The van der Waals surface area contributed by atoms with Crippen LogP contribution in [0.1, 0.15) is 20.3 Å². The summed E-state index contributed by atoms with van der Waals surface area (Å²) >= 11 is 0. The molecule has 0 spiro atoms. The summed E-state index contributed by atoms with van der Waals surface area (Å²) in [6.45, 7) is 2.29. The number of amides is 1. The van der Waals surface area contributed by atoms with Crippen molar-refractivity contribution in [2.75, 3.05) is 19.8 Å². The molecule has 0 aliphatic rings. The summed E-state index contributed by atoms with van der Waals surface area (Å²) < 4.78 is 0. The van der Waals surface area contributed by atoms with Gasteiger partial charge in [-0.25, -0.2) is 4.79 Å². The third-order valence-corrected chi connectivity index (χ3v) is 2.64. The van der Waals surface area contributed by atoms with Gasteiger partial charge in [0, 0.05) is 13.5 Å². The molecule has 7 heteroatoms. The highest BCUT2D eigenvalue weighted by Gasteiger charge is 2.28. The topological polar surface area (TPSA) is 119 Å². The molecule has 0 aromatic rings. The molecule has 5 N–H and O–H groups in total. The Morgan fingerprint density at radius 1 is 1.29 bits per heavy atom. The lowest BCUT2D eigenvalue weighted by Crippen LogP contribution is -2.57. The average Bonchev–Trinajstić information content (AvgIpc) is 2.29. The summed E-state index contributed by atoms with van der Waals surface area (Å²) in [5, 5.41) is 32.2. The van der Waals surface area contributed by atoms with E-state index in [4.69, 9.17) is 15.3 Å². The van der Waals surface area contributed by atoms with Crippen LogP contribution in [-0.4, -0.2) is 58.5 Å². The highest BCUT2D eigenvalue weighted by molar-refractivity contribution is 5.82. The maximum atomic E-state index is 10.8. The minimum absolute atomic E-state index is 0.0656. The Hall–Kier alpha value is -1.18. The highest BCUT2D eigenvalue weighted by atomic mass is 16.4. The van der Waals surface area contributed by atoms with Gasteiger partial charge in [0.05, 0.1) is 18.8 Å². The van der Waals surface area contributed by atoms with E-state index < -0.39 is 23.5 Å². The van der Waals surface area contributed by atoms with Gasteiger partial charge < -0.3 is 26.0 Å². The minimum atomic E-state index is -1.17. The number of hydrogen-bond donors (Lipinski definition) is 5. The SMILES string of the molecule is CCC(CO)(CO)NCC(NC(C)=O)C(=O)O. The normalized spacial score (nSPS) is 13.2. The van der Waals surface area contributed by atoms with E-state index in [-0.39, 0.29) is 19.8 Å². The zero-order valence-corrected chi connectivity index (χ0v) is 10.1. The van der Waals surface area contributed by atoms with E-state index in [0.717, 1.165) is 0 Å². The second kappa shape index (κ2) is 7.21. The first-order valence-corrected chi connectivity index (χ1v) is 5.37. The number of aliphatic carboxylic acids is 1. The number of aliphatic hydroxyl groups excluding tert-OH is 2. The van der Waals surface area contributed by atoms with Crippen molar-refractivity contribution in [1.29, 1.82) is 0 Å². The van der Waals surface area contributed by atoms with Gasteiger partial charge in [-0.3, -0.25) is 4.79 Å². The maximum absolute atomic E-state index is 10.8. The molecular formula is C10H20N2O5. The number of nitrogens with one attached hydrogen (secondary N) is 2. The molecule has 0 aliphatic heterocycles. The Kier molecular flexibility index (Phi) is 6.71. The molecule has 0 heterocycles. The largest absolute Gasteiger partial charge is 0.480 e. The third kappa shape index (κ3) is 5.12. The summed E-state index contributed by atoms with van der Waals surface area (Å²) in [7, 11) is 0. The van der Waals surface area contributed by atoms with Crippen molar-refractivity contribution >= 4 is 11.9 Å². The van der Waals surface area contributed by atoms with Crippen LogP contribution in [-0.2, 0) is 9.59 Å². The lowest BCUT2D eigenvalue weighted by molar-refractivity contribution is -0.141. The number of carbonyl (C=O) groups excluding carboxylic acids is 1. The zero-order valence-electron chi connectivity index (χ0n) is 10.1. The second-order valence-electron chi connectivity index (χ2n) is 3.92. The molecule has 17 heavy (non-hydrogen) atoms. The fourth-order valence-corrected chi connectivity index (χ4v) is 1.27. The number of hydrogen-bond acceptors (Lipinski definition) is 5.